The minimum Gasteiger partial charge on any atom is -0.506 e. The summed E-state index contributed by atoms with van der Waals surface area (Å²) in [7, 11) is -6.54. The van der Waals surface area contributed by atoms with Crippen molar-refractivity contribution in [2.75, 3.05) is 31.2 Å². The number of phenols is 1. The van der Waals surface area contributed by atoms with E-state index in [2.05, 4.69) is 15.0 Å². The predicted octanol–water partition coefficient (Wildman–Crippen LogP) is 4.31. The zero-order valence-corrected chi connectivity index (χ0v) is 24.8. The van der Waals surface area contributed by atoms with Crippen LogP contribution in [0.5, 0.6) is 11.5 Å². The molecule has 2 unspecified atom stereocenters. The van der Waals surface area contributed by atoms with Crippen molar-refractivity contribution < 1.29 is 40.2 Å². The zero-order chi connectivity index (χ0) is 29.8. The highest BCUT2D eigenvalue weighted by molar-refractivity contribution is 7.92. The molecule has 3 rings (SSSR count). The van der Waals surface area contributed by atoms with E-state index in [4.69, 9.17) is 9.47 Å². The number of benzene rings is 3. The predicted molar refractivity (Wildman–Crippen MR) is 151 cm³/mol. The summed E-state index contributed by atoms with van der Waals surface area (Å²) < 4.78 is 86.5. The zero-order valence-electron chi connectivity index (χ0n) is 22.4. The van der Waals surface area contributed by atoms with E-state index in [9.17, 15) is 30.7 Å². The molecule has 3 N–H and O–H groups in total. The van der Waals surface area contributed by atoms with Crippen molar-refractivity contribution in [3.63, 3.8) is 0 Å². The number of rotatable bonds is 12. The topological polar surface area (TPSA) is 184 Å². The van der Waals surface area contributed by atoms with Crippen molar-refractivity contribution in [2.24, 2.45) is 10.2 Å². The van der Waals surface area contributed by atoms with E-state index >= 15 is 0 Å². The van der Waals surface area contributed by atoms with Crippen molar-refractivity contribution in [2.45, 2.75) is 36.9 Å². The molecule has 16 heteroatoms. The maximum atomic E-state index is 13.4. The molecular weight excluding hydrogens is 584 g/mol. The lowest BCUT2D eigenvalue weighted by Crippen LogP contribution is -2.30. The normalized spacial score (nSPS) is 14.1. The number of anilines is 1. The smallest absolute Gasteiger partial charge is 0.246 e. The van der Waals surface area contributed by atoms with E-state index in [1.165, 1.54) is 43.5 Å². The van der Waals surface area contributed by atoms with Crippen LogP contribution in [0.3, 0.4) is 0 Å². The van der Waals surface area contributed by atoms with Gasteiger partial charge in [-0.3, -0.25) is 4.72 Å². The highest BCUT2D eigenvalue weighted by Gasteiger charge is 2.28. The van der Waals surface area contributed by atoms with Gasteiger partial charge in [-0.1, -0.05) is 26.0 Å². The Kier molecular flexibility index (Phi) is 9.86. The summed E-state index contributed by atoms with van der Waals surface area (Å²) in [6.45, 7) is 5.17. The number of hydrogen-bond acceptors (Lipinski definition) is 10. The summed E-state index contributed by atoms with van der Waals surface area (Å²) >= 11 is -2.46. The van der Waals surface area contributed by atoms with Crippen LogP contribution in [0.25, 0.3) is 10.8 Å². The van der Waals surface area contributed by atoms with Crippen LogP contribution in [0.2, 0.25) is 0 Å². The highest BCUT2D eigenvalue weighted by atomic mass is 32.2. The number of aromatic hydroxyl groups is 1. The van der Waals surface area contributed by atoms with Crippen LogP contribution >= 0.6 is 0 Å². The first-order valence-electron chi connectivity index (χ1n) is 11.9. The summed E-state index contributed by atoms with van der Waals surface area (Å²) in [6.07, 6.45) is 0.238. The molecule has 0 saturated carbocycles. The molecule has 0 aliphatic rings. The Morgan fingerprint density at radius 2 is 1.75 bits per heavy atom. The lowest BCUT2D eigenvalue weighted by Gasteiger charge is -2.20. The Morgan fingerprint density at radius 3 is 2.33 bits per heavy atom. The van der Waals surface area contributed by atoms with Gasteiger partial charge in [0.2, 0.25) is 20.0 Å². The number of methoxy groups -OCH3 is 1. The van der Waals surface area contributed by atoms with Gasteiger partial charge in [0.1, 0.15) is 21.3 Å². The van der Waals surface area contributed by atoms with E-state index < -0.39 is 48.1 Å². The van der Waals surface area contributed by atoms with Crippen LogP contribution in [0.4, 0.5) is 17.1 Å². The molecule has 0 aliphatic carbocycles. The van der Waals surface area contributed by atoms with Crippen LogP contribution < -0.4 is 9.46 Å². The number of sulfonamides is 2. The third-order valence-electron chi connectivity index (χ3n) is 5.71. The molecule has 0 aromatic heterocycles. The molecule has 218 valence electrons. The fraction of sp³-hybridized carbons (Fsp3) is 0.333. The SMILES string of the molecule is CCN(CC)S(=O)(=O)c1cc(N=Nc2ccc(OC(C)OC)c(S(=O)O)c2)c2c(NS(C)(=O)=O)cccc2c1O. The van der Waals surface area contributed by atoms with Gasteiger partial charge in [-0.15, -0.1) is 5.11 Å². The summed E-state index contributed by atoms with van der Waals surface area (Å²) in [4.78, 5) is -0.552. The van der Waals surface area contributed by atoms with Gasteiger partial charge in [0, 0.05) is 31.0 Å². The molecule has 0 spiro atoms. The molecule has 13 nitrogen and oxygen atoms in total. The van der Waals surface area contributed by atoms with E-state index in [1.807, 2.05) is 0 Å². The summed E-state index contributed by atoms with van der Waals surface area (Å²) in [6, 6.07) is 9.50. The molecule has 0 radical (unpaired) electrons. The largest absolute Gasteiger partial charge is 0.506 e. The lowest BCUT2D eigenvalue weighted by atomic mass is 10.1. The standard InChI is InChI=1S/C24H30N4O9S3/c1-6-28(7-2)40(34,35)22-14-19(23-17(24(22)29)9-8-10-18(23)27-39(5,32)33)26-25-16-11-12-20(37-15(3)36-4)21(13-16)38(30)31/h8-15,27,29H,6-7H2,1-5H3,(H,30,31). The first kappa shape index (κ1) is 31.4. The summed E-state index contributed by atoms with van der Waals surface area (Å²) in [5.74, 6) is -0.499. The molecule has 2 atom stereocenters. The number of ether oxygens (including phenoxy) is 2. The number of fused-ring (bicyclic) bond motifs is 1. The first-order chi connectivity index (χ1) is 18.7. The second-order valence-electron chi connectivity index (χ2n) is 8.44. The fourth-order valence-corrected chi connectivity index (χ4v) is 6.47. The van der Waals surface area contributed by atoms with Gasteiger partial charge in [-0.2, -0.15) is 9.42 Å². The van der Waals surface area contributed by atoms with Crippen molar-refractivity contribution in [1.29, 1.82) is 0 Å². The molecular formula is C24H30N4O9S3. The van der Waals surface area contributed by atoms with Crippen molar-refractivity contribution in [3.8, 4) is 11.5 Å². The van der Waals surface area contributed by atoms with Crippen LogP contribution in [0, 0.1) is 0 Å². The van der Waals surface area contributed by atoms with E-state index in [-0.39, 0.29) is 51.6 Å². The monoisotopic (exact) mass is 614 g/mol. The van der Waals surface area contributed by atoms with Crippen LogP contribution in [-0.4, -0.2) is 67.8 Å². The first-order valence-corrected chi connectivity index (χ1v) is 16.3. The number of nitrogens with one attached hydrogen (secondary N) is 1. The summed E-state index contributed by atoms with van der Waals surface area (Å²) in [5.41, 5.74) is 0.0634. The fourth-order valence-electron chi connectivity index (χ4n) is 3.82. The molecule has 0 aliphatic heterocycles. The third kappa shape index (κ3) is 6.94. The highest BCUT2D eigenvalue weighted by Crippen LogP contribution is 2.43. The second kappa shape index (κ2) is 12.6. The quantitative estimate of drug-likeness (QED) is 0.152. The molecule has 0 heterocycles. The molecule has 0 saturated heterocycles. The average molecular weight is 615 g/mol. The van der Waals surface area contributed by atoms with Gasteiger partial charge in [0.05, 0.1) is 23.3 Å². The van der Waals surface area contributed by atoms with Gasteiger partial charge in [-0.25, -0.2) is 21.0 Å². The van der Waals surface area contributed by atoms with E-state index in [1.54, 1.807) is 20.8 Å². The second-order valence-corrected chi connectivity index (χ2v) is 13.0. The maximum Gasteiger partial charge on any atom is 0.246 e. The van der Waals surface area contributed by atoms with Crippen molar-refractivity contribution in [1.82, 2.24) is 4.31 Å². The van der Waals surface area contributed by atoms with Gasteiger partial charge in [0.15, 0.2) is 17.4 Å². The van der Waals surface area contributed by atoms with Gasteiger partial charge < -0.3 is 19.1 Å². The minimum absolute atomic E-state index is 0.0188. The van der Waals surface area contributed by atoms with E-state index in [0.717, 1.165) is 16.6 Å². The molecule has 3 aromatic rings. The van der Waals surface area contributed by atoms with E-state index in [0.29, 0.717) is 0 Å². The number of azo groups is 1. The Hall–Kier alpha value is -3.15. The third-order valence-corrected chi connectivity index (χ3v) is 9.06. The summed E-state index contributed by atoms with van der Waals surface area (Å²) in [5, 5.41) is 19.4. The molecule has 0 amide bonds. The Labute approximate surface area is 235 Å². The van der Waals surface area contributed by atoms with Gasteiger partial charge >= 0.3 is 0 Å². The van der Waals surface area contributed by atoms with Crippen LogP contribution in [0.15, 0.2) is 62.5 Å². The molecule has 3 aromatic carbocycles. The Bertz CT molecular complexity index is 1670. The Morgan fingerprint density at radius 1 is 1.07 bits per heavy atom. The molecule has 0 bridgehead atoms. The van der Waals surface area contributed by atoms with Gasteiger partial charge in [0.25, 0.3) is 0 Å². The number of nitrogens with zero attached hydrogens (tertiary/aromatic N) is 3. The maximum absolute atomic E-state index is 13.4. The van der Waals surface area contributed by atoms with Crippen molar-refractivity contribution >= 4 is 59.0 Å². The van der Waals surface area contributed by atoms with Crippen LogP contribution in [0.1, 0.15) is 20.8 Å². The average Bonchev–Trinajstić information content (AvgIpc) is 2.88. The Balaban J connectivity index is 2.28. The number of hydrogen-bond donors (Lipinski definition) is 3. The van der Waals surface area contributed by atoms with Gasteiger partial charge in [-0.05, 0) is 37.3 Å². The molecule has 40 heavy (non-hydrogen) atoms. The van der Waals surface area contributed by atoms with Crippen molar-refractivity contribution in [3.05, 3.63) is 42.5 Å². The molecule has 0 fully saturated rings. The minimum atomic E-state index is -4.17. The lowest BCUT2D eigenvalue weighted by molar-refractivity contribution is -0.0399. The number of phenolic OH excluding ortho intramolecular Hbond substituents is 1. The van der Waals surface area contributed by atoms with Crippen LogP contribution in [-0.2, 0) is 35.9 Å².